The predicted octanol–water partition coefficient (Wildman–Crippen LogP) is 1.91. The van der Waals surface area contributed by atoms with Gasteiger partial charge < -0.3 is 14.8 Å². The van der Waals surface area contributed by atoms with E-state index in [9.17, 15) is 14.4 Å². The van der Waals surface area contributed by atoms with E-state index < -0.39 is 29.2 Å². The highest BCUT2D eigenvalue weighted by atomic mass is 16.6. The Hall–Kier alpha value is -1.59. The van der Waals surface area contributed by atoms with Crippen molar-refractivity contribution < 1.29 is 23.9 Å². The molecule has 1 aliphatic heterocycles. The Labute approximate surface area is 118 Å². The number of carbonyl (C=O) groups excluding carboxylic acids is 3. The van der Waals surface area contributed by atoms with Crippen LogP contribution in [0.15, 0.2) is 0 Å². The fourth-order valence-corrected chi connectivity index (χ4v) is 2.78. The standard InChI is InChI=1S/C14H21NO5/c1-13(2,3)20-12(18)15-14(5-4-6-14)9-7-10(16)19-11(17)8-9/h9H,4-8H2,1-3H3,(H,15,18). The smallest absolute Gasteiger partial charge is 0.408 e. The molecule has 0 bridgehead atoms. The van der Waals surface area contributed by atoms with Crippen molar-refractivity contribution in [2.45, 2.75) is 64.0 Å². The maximum absolute atomic E-state index is 11.9. The molecule has 0 atom stereocenters. The molecule has 6 heteroatoms. The summed E-state index contributed by atoms with van der Waals surface area (Å²) in [7, 11) is 0. The summed E-state index contributed by atoms with van der Waals surface area (Å²) in [6.07, 6.45) is 2.33. The second-order valence-corrected chi connectivity index (χ2v) is 6.59. The van der Waals surface area contributed by atoms with E-state index in [2.05, 4.69) is 10.1 Å². The molecule has 0 spiro atoms. The number of esters is 2. The second-order valence-electron chi connectivity index (χ2n) is 6.59. The highest BCUT2D eigenvalue weighted by Crippen LogP contribution is 2.43. The quantitative estimate of drug-likeness (QED) is 0.618. The second kappa shape index (κ2) is 5.07. The van der Waals surface area contributed by atoms with Gasteiger partial charge in [0, 0.05) is 11.5 Å². The van der Waals surface area contributed by atoms with E-state index in [4.69, 9.17) is 4.74 Å². The Kier molecular flexibility index (Phi) is 3.75. The Morgan fingerprint density at radius 3 is 2.20 bits per heavy atom. The van der Waals surface area contributed by atoms with Crippen LogP contribution in [0.25, 0.3) is 0 Å². The molecule has 1 N–H and O–H groups in total. The summed E-state index contributed by atoms with van der Waals surface area (Å²) in [5.41, 5.74) is -1.08. The molecule has 0 aromatic rings. The molecule has 1 amide bonds. The molecular formula is C14H21NO5. The molecule has 2 fully saturated rings. The van der Waals surface area contributed by atoms with Crippen LogP contribution < -0.4 is 5.32 Å². The number of alkyl carbamates (subject to hydrolysis) is 1. The maximum atomic E-state index is 11.9. The van der Waals surface area contributed by atoms with Crippen LogP contribution in [0.3, 0.4) is 0 Å². The monoisotopic (exact) mass is 283 g/mol. The molecule has 0 unspecified atom stereocenters. The van der Waals surface area contributed by atoms with Crippen molar-refractivity contribution in [2.24, 2.45) is 5.92 Å². The molecule has 2 aliphatic rings. The van der Waals surface area contributed by atoms with Crippen LogP contribution in [-0.2, 0) is 19.1 Å². The van der Waals surface area contributed by atoms with Crippen LogP contribution in [-0.4, -0.2) is 29.2 Å². The van der Waals surface area contributed by atoms with Gasteiger partial charge >= 0.3 is 18.0 Å². The normalized spacial score (nSPS) is 22.8. The fourth-order valence-electron chi connectivity index (χ4n) is 2.78. The number of cyclic esters (lactones) is 2. The topological polar surface area (TPSA) is 81.7 Å². The van der Waals surface area contributed by atoms with Crippen molar-refractivity contribution >= 4 is 18.0 Å². The summed E-state index contributed by atoms with van der Waals surface area (Å²) in [6.45, 7) is 5.38. The van der Waals surface area contributed by atoms with Crippen molar-refractivity contribution in [3.63, 3.8) is 0 Å². The first-order valence-corrected chi connectivity index (χ1v) is 6.95. The molecular weight excluding hydrogens is 262 g/mol. The number of nitrogens with one attached hydrogen (secondary N) is 1. The van der Waals surface area contributed by atoms with E-state index in [1.165, 1.54) is 0 Å². The molecule has 1 aliphatic carbocycles. The third kappa shape index (κ3) is 3.29. The lowest BCUT2D eigenvalue weighted by atomic mass is 9.65. The minimum Gasteiger partial charge on any atom is -0.444 e. The highest BCUT2D eigenvalue weighted by Gasteiger charge is 2.49. The number of ether oxygens (including phenoxy) is 2. The number of hydrogen-bond acceptors (Lipinski definition) is 5. The molecule has 0 aromatic heterocycles. The van der Waals surface area contributed by atoms with Gasteiger partial charge in [0.25, 0.3) is 0 Å². The molecule has 1 heterocycles. The van der Waals surface area contributed by atoms with Gasteiger partial charge in [-0.3, -0.25) is 9.59 Å². The SMILES string of the molecule is CC(C)(C)OC(=O)NC1(C2CC(=O)OC(=O)C2)CCC1. The van der Waals surface area contributed by atoms with E-state index in [0.717, 1.165) is 19.3 Å². The summed E-state index contributed by atoms with van der Waals surface area (Å²) < 4.78 is 9.81. The van der Waals surface area contributed by atoms with Gasteiger partial charge in [-0.2, -0.15) is 0 Å². The number of hydrogen-bond donors (Lipinski definition) is 1. The molecule has 0 aromatic carbocycles. The van der Waals surface area contributed by atoms with E-state index in [1.54, 1.807) is 20.8 Å². The van der Waals surface area contributed by atoms with Crippen molar-refractivity contribution in [2.75, 3.05) is 0 Å². The zero-order chi connectivity index (χ0) is 15.0. The summed E-state index contributed by atoms with van der Waals surface area (Å²) in [5.74, 6) is -1.22. The Morgan fingerprint density at radius 1 is 1.25 bits per heavy atom. The van der Waals surface area contributed by atoms with Crippen LogP contribution in [0.2, 0.25) is 0 Å². The first-order chi connectivity index (χ1) is 9.20. The van der Waals surface area contributed by atoms with Crippen molar-refractivity contribution in [3.05, 3.63) is 0 Å². The van der Waals surface area contributed by atoms with E-state index in [1.807, 2.05) is 0 Å². The molecule has 112 valence electrons. The summed E-state index contributed by atoms with van der Waals surface area (Å²) >= 11 is 0. The summed E-state index contributed by atoms with van der Waals surface area (Å²) in [5, 5.41) is 2.88. The molecule has 1 saturated heterocycles. The Morgan fingerprint density at radius 2 is 1.80 bits per heavy atom. The van der Waals surface area contributed by atoms with E-state index in [-0.39, 0.29) is 18.8 Å². The van der Waals surface area contributed by atoms with Gasteiger partial charge in [0.2, 0.25) is 0 Å². The number of amides is 1. The largest absolute Gasteiger partial charge is 0.444 e. The number of carbonyl (C=O) groups is 3. The van der Waals surface area contributed by atoms with Crippen molar-refractivity contribution in [1.82, 2.24) is 5.32 Å². The molecule has 2 rings (SSSR count). The zero-order valence-electron chi connectivity index (χ0n) is 12.2. The third-order valence-electron chi connectivity index (χ3n) is 3.83. The van der Waals surface area contributed by atoms with E-state index >= 15 is 0 Å². The highest BCUT2D eigenvalue weighted by molar-refractivity contribution is 5.88. The minimum absolute atomic E-state index is 0.168. The fraction of sp³-hybridized carbons (Fsp3) is 0.786. The first-order valence-electron chi connectivity index (χ1n) is 6.95. The van der Waals surface area contributed by atoms with Crippen LogP contribution in [0.5, 0.6) is 0 Å². The van der Waals surface area contributed by atoms with Gasteiger partial charge in [-0.15, -0.1) is 0 Å². The lowest BCUT2D eigenvalue weighted by Crippen LogP contribution is -2.60. The maximum Gasteiger partial charge on any atom is 0.408 e. The molecule has 6 nitrogen and oxygen atoms in total. The van der Waals surface area contributed by atoms with Gasteiger partial charge in [0.1, 0.15) is 5.60 Å². The van der Waals surface area contributed by atoms with Gasteiger partial charge in [-0.25, -0.2) is 4.79 Å². The zero-order valence-corrected chi connectivity index (χ0v) is 12.2. The minimum atomic E-state index is -0.573. The van der Waals surface area contributed by atoms with Gasteiger partial charge in [0.15, 0.2) is 0 Å². The molecule has 20 heavy (non-hydrogen) atoms. The predicted molar refractivity (Wildman–Crippen MR) is 69.8 cm³/mol. The van der Waals surface area contributed by atoms with Crippen molar-refractivity contribution in [3.8, 4) is 0 Å². The third-order valence-corrected chi connectivity index (χ3v) is 3.83. The van der Waals surface area contributed by atoms with Crippen LogP contribution in [0, 0.1) is 5.92 Å². The number of rotatable bonds is 2. The summed E-state index contributed by atoms with van der Waals surface area (Å²) in [6, 6.07) is 0. The van der Waals surface area contributed by atoms with Crippen LogP contribution in [0.1, 0.15) is 52.9 Å². The lowest BCUT2D eigenvalue weighted by molar-refractivity contribution is -0.168. The van der Waals surface area contributed by atoms with Gasteiger partial charge in [-0.1, -0.05) is 0 Å². The molecule has 1 saturated carbocycles. The van der Waals surface area contributed by atoms with E-state index in [0.29, 0.717) is 0 Å². The first kappa shape index (κ1) is 14.8. The van der Waals surface area contributed by atoms with Crippen molar-refractivity contribution in [1.29, 1.82) is 0 Å². The Bertz CT molecular complexity index is 417. The lowest BCUT2D eigenvalue weighted by Gasteiger charge is -2.48. The molecule has 0 radical (unpaired) electrons. The Balaban J connectivity index is 2.04. The van der Waals surface area contributed by atoms with Gasteiger partial charge in [0.05, 0.1) is 12.8 Å². The average molecular weight is 283 g/mol. The summed E-state index contributed by atoms with van der Waals surface area (Å²) in [4.78, 5) is 34.7. The van der Waals surface area contributed by atoms with Gasteiger partial charge in [-0.05, 0) is 40.0 Å². The average Bonchev–Trinajstić information content (AvgIpc) is 2.19. The van der Waals surface area contributed by atoms with Crippen LogP contribution >= 0.6 is 0 Å². The van der Waals surface area contributed by atoms with Crippen LogP contribution in [0.4, 0.5) is 4.79 Å².